The van der Waals surface area contributed by atoms with E-state index in [1.54, 1.807) is 7.11 Å². The normalized spacial score (nSPS) is 17.9. The maximum atomic E-state index is 9.95. The van der Waals surface area contributed by atoms with Crippen LogP contribution in [-0.4, -0.2) is 49.4 Å². The molecule has 1 N–H and O–H groups in total. The minimum absolute atomic E-state index is 0.322. The van der Waals surface area contributed by atoms with Crippen LogP contribution in [0.3, 0.4) is 0 Å². The van der Waals surface area contributed by atoms with Crippen LogP contribution in [0.15, 0.2) is 60.7 Å². The first-order valence-electron chi connectivity index (χ1n) is 15.7. The van der Waals surface area contributed by atoms with E-state index in [9.17, 15) is 5.11 Å². The molecule has 5 nitrogen and oxygen atoms in total. The number of benzene rings is 3. The van der Waals surface area contributed by atoms with E-state index in [2.05, 4.69) is 72.2 Å². The van der Waals surface area contributed by atoms with Gasteiger partial charge in [0.05, 0.1) is 7.11 Å². The van der Waals surface area contributed by atoms with Gasteiger partial charge in [0, 0.05) is 30.9 Å². The highest BCUT2D eigenvalue weighted by atomic mass is 16.5. The number of methoxy groups -OCH3 is 1. The quantitative estimate of drug-likeness (QED) is 0.277. The minimum Gasteiger partial charge on any atom is -0.508 e. The number of hydrogen-bond donors (Lipinski definition) is 1. The van der Waals surface area contributed by atoms with Crippen LogP contribution in [-0.2, 0) is 19.4 Å². The van der Waals surface area contributed by atoms with Crippen LogP contribution in [0.4, 0.5) is 5.69 Å². The van der Waals surface area contributed by atoms with E-state index in [0.29, 0.717) is 17.7 Å². The predicted octanol–water partition coefficient (Wildman–Crippen LogP) is 7.73. The predicted molar refractivity (Wildman–Crippen MR) is 169 cm³/mol. The zero-order chi connectivity index (χ0) is 28.6. The smallest absolute Gasteiger partial charge is 0.120 e. The van der Waals surface area contributed by atoms with Crippen molar-refractivity contribution >= 4 is 5.69 Å². The van der Waals surface area contributed by atoms with Crippen molar-refractivity contribution in [2.24, 2.45) is 0 Å². The maximum absolute atomic E-state index is 9.95. The molecule has 1 aliphatic heterocycles. The molecule has 0 saturated carbocycles. The summed E-state index contributed by atoms with van der Waals surface area (Å²) in [5, 5.41) is 9.95. The summed E-state index contributed by atoms with van der Waals surface area (Å²) in [6.45, 7) is 9.52. The number of ether oxygens (including phenoxy) is 2. The molecule has 1 atom stereocenters. The number of anilines is 1. The van der Waals surface area contributed by atoms with Crippen molar-refractivity contribution in [3.8, 4) is 17.2 Å². The second kappa shape index (κ2) is 14.1. The van der Waals surface area contributed by atoms with E-state index in [1.807, 2.05) is 12.1 Å². The molecule has 1 fully saturated rings. The molecule has 3 aromatic carbocycles. The zero-order valence-corrected chi connectivity index (χ0v) is 25.3. The fraction of sp³-hybridized carbons (Fsp3) is 0.500. The molecule has 41 heavy (non-hydrogen) atoms. The van der Waals surface area contributed by atoms with Crippen molar-refractivity contribution in [1.29, 1.82) is 0 Å². The second-order valence-electron chi connectivity index (χ2n) is 12.1. The molecule has 5 heteroatoms. The molecule has 2 aliphatic rings. The highest BCUT2D eigenvalue weighted by Crippen LogP contribution is 2.40. The Hall–Kier alpha value is -3.18. The summed E-state index contributed by atoms with van der Waals surface area (Å²) in [5.74, 6) is 2.63. The average Bonchev–Trinajstić information content (AvgIpc) is 2.97. The van der Waals surface area contributed by atoms with Crippen LogP contribution in [0.1, 0.15) is 80.5 Å². The lowest BCUT2D eigenvalue weighted by Gasteiger charge is -2.35. The van der Waals surface area contributed by atoms with Crippen molar-refractivity contribution in [3.05, 3.63) is 82.9 Å². The number of rotatable bonds is 10. The van der Waals surface area contributed by atoms with Crippen LogP contribution in [0, 0.1) is 0 Å². The molecule has 1 heterocycles. The number of likely N-dealkylation sites (tertiary alicyclic amines) is 1. The molecule has 0 radical (unpaired) electrons. The highest BCUT2D eigenvalue weighted by molar-refractivity contribution is 5.60. The first-order valence-corrected chi connectivity index (χ1v) is 15.7. The molecule has 5 rings (SSSR count). The lowest BCUT2D eigenvalue weighted by molar-refractivity contribution is 0.195. The van der Waals surface area contributed by atoms with E-state index >= 15 is 0 Å². The lowest BCUT2D eigenvalue weighted by Crippen LogP contribution is -2.32. The van der Waals surface area contributed by atoms with E-state index in [4.69, 9.17) is 9.47 Å². The van der Waals surface area contributed by atoms with Gasteiger partial charge in [-0.05, 0) is 118 Å². The van der Waals surface area contributed by atoms with E-state index < -0.39 is 0 Å². The Labute approximate surface area is 247 Å². The third kappa shape index (κ3) is 7.77. The van der Waals surface area contributed by atoms with Gasteiger partial charge in [-0.25, -0.2) is 0 Å². The molecule has 1 saturated heterocycles. The van der Waals surface area contributed by atoms with Crippen molar-refractivity contribution in [1.82, 2.24) is 4.90 Å². The van der Waals surface area contributed by atoms with E-state index in [-0.39, 0.29) is 0 Å². The van der Waals surface area contributed by atoms with Crippen LogP contribution < -0.4 is 14.4 Å². The van der Waals surface area contributed by atoms with Gasteiger partial charge in [0.15, 0.2) is 0 Å². The van der Waals surface area contributed by atoms with Gasteiger partial charge in [-0.3, -0.25) is 4.90 Å². The first-order chi connectivity index (χ1) is 20.0. The van der Waals surface area contributed by atoms with Gasteiger partial charge < -0.3 is 19.5 Å². The molecule has 1 aliphatic carbocycles. The summed E-state index contributed by atoms with van der Waals surface area (Å²) in [7, 11) is 1.74. The number of aromatic hydroxyl groups is 1. The van der Waals surface area contributed by atoms with Crippen LogP contribution in [0.25, 0.3) is 0 Å². The fourth-order valence-electron chi connectivity index (χ4n) is 6.51. The standard InChI is InChI=1S/C36H48N2O3/c1-27(2)38(26-28-9-15-33(16-10-28)41-22-21-37-19-7-5-4-6-8-20-37)36-25-34(40-3)17-18-35(36)31-12-11-30-24-32(39)14-13-29(30)23-31/h9-10,13-18,24-25,27,31,39H,4-8,11-12,19-23,26H2,1-3H3. The minimum atomic E-state index is 0.322. The number of nitrogens with zero attached hydrogens (tertiary/aromatic N) is 2. The number of aryl methyl sites for hydroxylation is 1. The third-order valence-electron chi connectivity index (χ3n) is 8.93. The molecule has 0 bridgehead atoms. The Bertz CT molecular complexity index is 1250. The molecule has 0 aromatic heterocycles. The maximum Gasteiger partial charge on any atom is 0.120 e. The van der Waals surface area contributed by atoms with Crippen LogP contribution >= 0.6 is 0 Å². The van der Waals surface area contributed by atoms with Gasteiger partial charge in [-0.1, -0.05) is 43.5 Å². The molecule has 220 valence electrons. The highest BCUT2D eigenvalue weighted by Gasteiger charge is 2.26. The number of phenols is 1. The van der Waals surface area contributed by atoms with Crippen molar-refractivity contribution in [3.63, 3.8) is 0 Å². The lowest BCUT2D eigenvalue weighted by atomic mass is 9.79. The number of hydrogen-bond acceptors (Lipinski definition) is 5. The summed E-state index contributed by atoms with van der Waals surface area (Å²) in [5.41, 5.74) is 6.52. The van der Waals surface area contributed by atoms with E-state index in [0.717, 1.165) is 50.5 Å². The topological polar surface area (TPSA) is 45.2 Å². The fourth-order valence-corrected chi connectivity index (χ4v) is 6.51. The SMILES string of the molecule is COc1ccc(C2CCc3cc(O)ccc3C2)c(N(Cc2ccc(OCCN3CCCCCCC3)cc2)C(C)C)c1. The first kappa shape index (κ1) is 29.3. The van der Waals surface area contributed by atoms with Crippen molar-refractivity contribution in [2.75, 3.05) is 38.3 Å². The van der Waals surface area contributed by atoms with Crippen LogP contribution in [0.2, 0.25) is 0 Å². The Kier molecular flexibility index (Phi) is 10.1. The molecular formula is C36H48N2O3. The van der Waals surface area contributed by atoms with Gasteiger partial charge in [-0.15, -0.1) is 0 Å². The second-order valence-corrected chi connectivity index (χ2v) is 12.1. The molecule has 0 spiro atoms. The Morgan fingerprint density at radius 3 is 2.34 bits per heavy atom. The van der Waals surface area contributed by atoms with E-state index in [1.165, 1.54) is 73.1 Å². The van der Waals surface area contributed by atoms with Crippen LogP contribution in [0.5, 0.6) is 17.2 Å². The summed E-state index contributed by atoms with van der Waals surface area (Å²) in [6.07, 6.45) is 9.80. The molecular weight excluding hydrogens is 508 g/mol. The van der Waals surface area contributed by atoms with Gasteiger partial charge >= 0.3 is 0 Å². The summed E-state index contributed by atoms with van der Waals surface area (Å²) >= 11 is 0. The molecule has 0 amide bonds. The van der Waals surface area contributed by atoms with Gasteiger partial charge in [-0.2, -0.15) is 0 Å². The Morgan fingerprint density at radius 2 is 1.61 bits per heavy atom. The average molecular weight is 557 g/mol. The summed E-state index contributed by atoms with van der Waals surface area (Å²) in [4.78, 5) is 5.07. The number of fused-ring (bicyclic) bond motifs is 1. The van der Waals surface area contributed by atoms with Gasteiger partial charge in [0.2, 0.25) is 0 Å². The largest absolute Gasteiger partial charge is 0.508 e. The zero-order valence-electron chi connectivity index (χ0n) is 25.3. The monoisotopic (exact) mass is 556 g/mol. The molecule has 3 aromatic rings. The summed E-state index contributed by atoms with van der Waals surface area (Å²) < 4.78 is 11.8. The van der Waals surface area contributed by atoms with Gasteiger partial charge in [0.25, 0.3) is 0 Å². The molecule has 1 unspecified atom stereocenters. The third-order valence-corrected chi connectivity index (χ3v) is 8.93. The van der Waals surface area contributed by atoms with Crippen molar-refractivity contribution in [2.45, 2.75) is 83.7 Å². The summed E-state index contributed by atoms with van der Waals surface area (Å²) in [6, 6.07) is 21.4. The van der Waals surface area contributed by atoms with Gasteiger partial charge in [0.1, 0.15) is 23.9 Å². The Balaban J connectivity index is 1.27. The van der Waals surface area contributed by atoms with Crippen molar-refractivity contribution < 1.29 is 14.6 Å². The number of phenolic OH excluding ortho intramolecular Hbond substituents is 1. The Morgan fingerprint density at radius 1 is 0.878 bits per heavy atom.